The van der Waals surface area contributed by atoms with Gasteiger partial charge in [0.1, 0.15) is 0 Å². The van der Waals surface area contributed by atoms with Crippen LogP contribution in [0.5, 0.6) is 0 Å². The van der Waals surface area contributed by atoms with Gasteiger partial charge in [-0.25, -0.2) is 23.1 Å². The zero-order valence-corrected chi connectivity index (χ0v) is 21.8. The number of sulfonamides is 1. The normalized spacial score (nSPS) is 14.9. The van der Waals surface area contributed by atoms with Crippen LogP contribution in [0.25, 0.3) is 0 Å². The summed E-state index contributed by atoms with van der Waals surface area (Å²) in [6, 6.07) is 14.8. The van der Waals surface area contributed by atoms with Gasteiger partial charge in [-0.05, 0) is 62.9 Å². The molecule has 1 aromatic heterocycles. The van der Waals surface area contributed by atoms with Crippen LogP contribution < -0.4 is 14.9 Å². The van der Waals surface area contributed by atoms with Gasteiger partial charge in [0.2, 0.25) is 16.0 Å². The van der Waals surface area contributed by atoms with Crippen LogP contribution >= 0.6 is 11.6 Å². The molecule has 0 bridgehead atoms. The maximum atomic E-state index is 12.5. The van der Waals surface area contributed by atoms with E-state index in [0.29, 0.717) is 23.1 Å². The van der Waals surface area contributed by atoms with E-state index in [0.717, 1.165) is 37.4 Å². The minimum Gasteiger partial charge on any atom is -0.369 e. The molecule has 1 fully saturated rings. The molecule has 1 saturated heterocycles. The van der Waals surface area contributed by atoms with Crippen LogP contribution in [0.3, 0.4) is 0 Å². The maximum absolute atomic E-state index is 12.5. The van der Waals surface area contributed by atoms with E-state index < -0.39 is 10.0 Å². The lowest BCUT2D eigenvalue weighted by molar-refractivity contribution is 0.313. The number of rotatable bonds is 8. The average molecular weight is 515 g/mol. The van der Waals surface area contributed by atoms with Gasteiger partial charge in [0.25, 0.3) is 0 Å². The van der Waals surface area contributed by atoms with E-state index in [4.69, 9.17) is 11.6 Å². The molecule has 186 valence electrons. The van der Waals surface area contributed by atoms with E-state index in [1.54, 1.807) is 38.2 Å². The van der Waals surface area contributed by atoms with Gasteiger partial charge in [0, 0.05) is 50.0 Å². The van der Waals surface area contributed by atoms with Crippen molar-refractivity contribution >= 4 is 38.9 Å². The second kappa shape index (κ2) is 10.9. The first-order valence-electron chi connectivity index (χ1n) is 11.6. The topological polar surface area (TPSA) is 90.5 Å². The predicted octanol–water partition coefficient (Wildman–Crippen LogP) is 3.90. The molecule has 3 aromatic rings. The Labute approximate surface area is 212 Å². The molecule has 0 unspecified atom stereocenters. The molecule has 0 spiro atoms. The number of likely N-dealkylation sites (N-methyl/N-ethyl adjacent to an activating group) is 1. The summed E-state index contributed by atoms with van der Waals surface area (Å²) in [5, 5.41) is 3.66. The Hall–Kier alpha value is -2.72. The molecule has 4 rings (SSSR count). The van der Waals surface area contributed by atoms with Crippen molar-refractivity contribution in [2.24, 2.45) is 0 Å². The summed E-state index contributed by atoms with van der Waals surface area (Å²) in [7, 11) is -1.44. The van der Waals surface area contributed by atoms with Crippen molar-refractivity contribution in [3.8, 4) is 0 Å². The van der Waals surface area contributed by atoms with E-state index in [2.05, 4.69) is 49.0 Å². The first-order valence-corrected chi connectivity index (χ1v) is 13.5. The molecule has 0 atom stereocenters. The first-order chi connectivity index (χ1) is 16.7. The Bertz CT molecular complexity index is 1260. The van der Waals surface area contributed by atoms with Crippen molar-refractivity contribution in [3.63, 3.8) is 0 Å². The summed E-state index contributed by atoms with van der Waals surface area (Å²) in [6.07, 6.45) is 1.94. The van der Waals surface area contributed by atoms with E-state index in [1.807, 2.05) is 18.2 Å². The summed E-state index contributed by atoms with van der Waals surface area (Å²) >= 11 is 6.37. The van der Waals surface area contributed by atoms with Crippen molar-refractivity contribution < 1.29 is 8.42 Å². The number of benzene rings is 2. The lowest BCUT2D eigenvalue weighted by atomic mass is 10.1. The fourth-order valence-corrected chi connectivity index (χ4v) is 5.41. The summed E-state index contributed by atoms with van der Waals surface area (Å²) in [4.78, 5) is 13.8. The van der Waals surface area contributed by atoms with E-state index in [1.165, 1.54) is 5.69 Å². The van der Waals surface area contributed by atoms with Crippen LogP contribution in [0.4, 0.5) is 17.3 Å². The lowest BCUT2D eigenvalue weighted by Gasteiger charge is -2.34. The van der Waals surface area contributed by atoms with E-state index in [9.17, 15) is 8.42 Å². The van der Waals surface area contributed by atoms with Crippen LogP contribution in [0.1, 0.15) is 25.1 Å². The van der Waals surface area contributed by atoms with Gasteiger partial charge in [0.05, 0.1) is 21.8 Å². The van der Waals surface area contributed by atoms with Crippen LogP contribution in [0.2, 0.25) is 5.02 Å². The maximum Gasteiger partial charge on any atom is 0.240 e. The zero-order chi connectivity index (χ0) is 25.0. The highest BCUT2D eigenvalue weighted by Gasteiger charge is 2.17. The number of anilines is 3. The highest BCUT2D eigenvalue weighted by atomic mass is 35.5. The molecular weight excluding hydrogens is 484 g/mol. The third-order valence-corrected chi connectivity index (χ3v) is 7.75. The number of nitrogens with one attached hydrogen (secondary N) is 2. The van der Waals surface area contributed by atoms with E-state index >= 15 is 0 Å². The summed E-state index contributed by atoms with van der Waals surface area (Å²) in [6.45, 7) is 7.73. The third-order valence-electron chi connectivity index (χ3n) is 5.78. The largest absolute Gasteiger partial charge is 0.369 e. The number of aromatic nitrogens is 2. The Balaban J connectivity index is 1.46. The molecule has 2 N–H and O–H groups in total. The fraction of sp³-hybridized carbons (Fsp3) is 0.360. The van der Waals surface area contributed by atoms with Crippen LogP contribution in [0, 0.1) is 0 Å². The van der Waals surface area contributed by atoms with Gasteiger partial charge in [0.15, 0.2) is 0 Å². The fourth-order valence-electron chi connectivity index (χ4n) is 3.93. The second-order valence-electron chi connectivity index (χ2n) is 9.05. The molecular formula is C25H31ClN6O2S. The molecule has 2 heterocycles. The van der Waals surface area contributed by atoms with Crippen molar-refractivity contribution in [2.75, 3.05) is 43.4 Å². The molecule has 1 aliphatic heterocycles. The average Bonchev–Trinajstić information content (AvgIpc) is 2.82. The van der Waals surface area contributed by atoms with Crippen molar-refractivity contribution in [2.45, 2.75) is 31.2 Å². The minimum absolute atomic E-state index is 0.191. The van der Waals surface area contributed by atoms with Crippen LogP contribution in [-0.4, -0.2) is 62.6 Å². The summed E-state index contributed by atoms with van der Waals surface area (Å²) in [5.41, 5.74) is 3.48. The van der Waals surface area contributed by atoms with Crippen molar-refractivity contribution in [3.05, 3.63) is 71.0 Å². The Morgan fingerprint density at radius 2 is 1.77 bits per heavy atom. The molecule has 8 nitrogen and oxygen atoms in total. The van der Waals surface area contributed by atoms with Crippen LogP contribution in [0.15, 0.2) is 59.6 Å². The molecule has 0 amide bonds. The summed E-state index contributed by atoms with van der Waals surface area (Å²) in [5.74, 6) is 0.432. The van der Waals surface area contributed by atoms with Gasteiger partial charge in [-0.1, -0.05) is 23.7 Å². The molecule has 2 aromatic carbocycles. The van der Waals surface area contributed by atoms with Crippen molar-refractivity contribution in [1.29, 1.82) is 0 Å². The predicted molar refractivity (Wildman–Crippen MR) is 141 cm³/mol. The van der Waals surface area contributed by atoms with Crippen LogP contribution in [-0.2, 0) is 16.4 Å². The smallest absolute Gasteiger partial charge is 0.240 e. The molecule has 0 saturated carbocycles. The lowest BCUT2D eigenvalue weighted by Crippen LogP contribution is -2.44. The SMILES string of the molecule is CC(C)NS(=O)(=O)c1cccc(Cc2nc(Nc3ccc(N4CCN(C)CC4)cc3)ncc2Cl)c1. The van der Waals surface area contributed by atoms with Gasteiger partial charge in [-0.15, -0.1) is 0 Å². The summed E-state index contributed by atoms with van der Waals surface area (Å²) < 4.78 is 27.7. The molecule has 1 aliphatic rings. The molecule has 10 heteroatoms. The number of halogens is 1. The van der Waals surface area contributed by atoms with Gasteiger partial charge >= 0.3 is 0 Å². The monoisotopic (exact) mass is 514 g/mol. The first kappa shape index (κ1) is 25.4. The third kappa shape index (κ3) is 6.70. The molecule has 0 radical (unpaired) electrons. The molecule has 0 aliphatic carbocycles. The van der Waals surface area contributed by atoms with Crippen molar-refractivity contribution in [1.82, 2.24) is 19.6 Å². The quantitative estimate of drug-likeness (QED) is 0.471. The number of nitrogens with zero attached hydrogens (tertiary/aromatic N) is 4. The number of hydrogen-bond donors (Lipinski definition) is 2. The Morgan fingerprint density at radius 1 is 1.06 bits per heavy atom. The Morgan fingerprint density at radius 3 is 2.46 bits per heavy atom. The number of hydrogen-bond acceptors (Lipinski definition) is 7. The highest BCUT2D eigenvalue weighted by molar-refractivity contribution is 7.89. The minimum atomic E-state index is -3.58. The zero-order valence-electron chi connectivity index (χ0n) is 20.2. The van der Waals surface area contributed by atoms with Gasteiger partial charge < -0.3 is 15.1 Å². The standard InChI is InChI=1S/C25H31ClN6O2S/c1-18(2)30-35(33,34)22-6-4-5-19(15-22)16-24-23(26)17-27-25(29-24)28-20-7-9-21(10-8-20)32-13-11-31(3)12-14-32/h4-10,15,17-18,30H,11-14,16H2,1-3H3,(H,27,28,29). The Kier molecular flexibility index (Phi) is 7.91. The van der Waals surface area contributed by atoms with E-state index in [-0.39, 0.29) is 10.9 Å². The molecule has 35 heavy (non-hydrogen) atoms. The highest BCUT2D eigenvalue weighted by Crippen LogP contribution is 2.24. The van der Waals surface area contributed by atoms with Gasteiger partial charge in [-0.2, -0.15) is 0 Å². The number of piperazine rings is 1. The second-order valence-corrected chi connectivity index (χ2v) is 11.2. The van der Waals surface area contributed by atoms with Gasteiger partial charge in [-0.3, -0.25) is 0 Å².